The molecule has 2 aromatic rings. The highest BCUT2D eigenvalue weighted by Crippen LogP contribution is 2.34. The van der Waals surface area contributed by atoms with Crippen LogP contribution in [0.1, 0.15) is 11.4 Å². The van der Waals surface area contributed by atoms with Crippen LogP contribution in [-0.4, -0.2) is 35.5 Å². The molecule has 0 saturated carbocycles. The highest BCUT2D eigenvalue weighted by molar-refractivity contribution is 6.37. The number of nitrogens with zero attached hydrogens (tertiary/aromatic N) is 3. The maximum absolute atomic E-state index is 6.31. The third-order valence-corrected chi connectivity index (χ3v) is 3.61. The fourth-order valence-corrected chi connectivity index (χ4v) is 2.59. The Morgan fingerprint density at radius 3 is 2.20 bits per heavy atom. The summed E-state index contributed by atoms with van der Waals surface area (Å²) >= 11 is 12.6. The molecule has 3 nitrogen and oxygen atoms in total. The van der Waals surface area contributed by atoms with Gasteiger partial charge in [0.15, 0.2) is 0 Å². The van der Waals surface area contributed by atoms with Crippen molar-refractivity contribution >= 4 is 23.2 Å². The lowest BCUT2D eigenvalue weighted by molar-refractivity contribution is 0.409. The second kappa shape index (κ2) is 6.53. The molecule has 0 aliphatic carbocycles. The largest absolute Gasteiger partial charge is 0.309 e. The summed E-state index contributed by atoms with van der Waals surface area (Å²) < 4.78 is 0. The lowest BCUT2D eigenvalue weighted by Crippen LogP contribution is -2.16. The van der Waals surface area contributed by atoms with Gasteiger partial charge < -0.3 is 4.90 Å². The average Bonchev–Trinajstić information content (AvgIpc) is 2.38. The Morgan fingerprint density at radius 2 is 1.65 bits per heavy atom. The molecule has 0 fully saturated rings. The van der Waals surface area contributed by atoms with Crippen molar-refractivity contribution in [1.82, 2.24) is 14.9 Å². The average molecular weight is 310 g/mol. The molecule has 0 unspecified atom stereocenters. The molecule has 5 heteroatoms. The smallest absolute Gasteiger partial charge is 0.142 e. The maximum Gasteiger partial charge on any atom is 0.142 e. The minimum Gasteiger partial charge on any atom is -0.309 e. The van der Waals surface area contributed by atoms with Crippen LogP contribution in [0.4, 0.5) is 0 Å². The molecule has 0 aliphatic heterocycles. The number of halogens is 2. The zero-order valence-electron chi connectivity index (χ0n) is 11.8. The van der Waals surface area contributed by atoms with E-state index >= 15 is 0 Å². The van der Waals surface area contributed by atoms with Gasteiger partial charge in [0.2, 0.25) is 0 Å². The van der Waals surface area contributed by atoms with E-state index in [0.717, 1.165) is 24.1 Å². The maximum atomic E-state index is 6.31. The standard InChI is InChI=1S/C15H17Cl2N3/c1-10-6-4-5-7-11(10)13-14(16)18-12(19-15(13)17)8-9-20(2)3/h4-7H,8-9H2,1-3H3. The summed E-state index contributed by atoms with van der Waals surface area (Å²) in [6.07, 6.45) is 0.723. The first-order chi connectivity index (χ1) is 9.49. The number of aryl methyl sites for hydroxylation is 1. The Hall–Kier alpha value is -1.16. The third kappa shape index (κ3) is 3.48. The zero-order chi connectivity index (χ0) is 14.7. The van der Waals surface area contributed by atoms with Crippen LogP contribution in [0.5, 0.6) is 0 Å². The van der Waals surface area contributed by atoms with E-state index < -0.39 is 0 Å². The van der Waals surface area contributed by atoms with Crippen molar-refractivity contribution in [3.05, 3.63) is 46.0 Å². The molecule has 0 bridgehead atoms. The quantitative estimate of drug-likeness (QED) is 0.803. The summed E-state index contributed by atoms with van der Waals surface area (Å²) in [6, 6.07) is 7.93. The molecule has 0 spiro atoms. The minimum atomic E-state index is 0.410. The first-order valence-corrected chi connectivity index (χ1v) is 7.17. The van der Waals surface area contributed by atoms with E-state index in [1.165, 1.54) is 0 Å². The van der Waals surface area contributed by atoms with Crippen LogP contribution in [0.25, 0.3) is 11.1 Å². The van der Waals surface area contributed by atoms with Crippen LogP contribution in [0.15, 0.2) is 24.3 Å². The summed E-state index contributed by atoms with van der Waals surface area (Å²) in [4.78, 5) is 10.8. The highest BCUT2D eigenvalue weighted by atomic mass is 35.5. The monoisotopic (exact) mass is 309 g/mol. The van der Waals surface area contributed by atoms with Gasteiger partial charge in [0.1, 0.15) is 16.1 Å². The number of hydrogen-bond acceptors (Lipinski definition) is 3. The van der Waals surface area contributed by atoms with Crippen molar-refractivity contribution in [2.45, 2.75) is 13.3 Å². The van der Waals surface area contributed by atoms with E-state index in [4.69, 9.17) is 23.2 Å². The van der Waals surface area contributed by atoms with Crippen LogP contribution in [0.3, 0.4) is 0 Å². The van der Waals surface area contributed by atoms with Crippen molar-refractivity contribution in [3.8, 4) is 11.1 Å². The number of likely N-dealkylation sites (N-methyl/N-ethyl adjacent to an activating group) is 1. The zero-order valence-corrected chi connectivity index (χ0v) is 13.3. The van der Waals surface area contributed by atoms with Crippen molar-refractivity contribution in [2.24, 2.45) is 0 Å². The molecule has 0 amide bonds. The van der Waals surface area contributed by atoms with Crippen molar-refractivity contribution < 1.29 is 0 Å². The van der Waals surface area contributed by atoms with Gasteiger partial charge in [-0.1, -0.05) is 47.5 Å². The molecule has 20 heavy (non-hydrogen) atoms. The van der Waals surface area contributed by atoms with E-state index in [-0.39, 0.29) is 0 Å². The summed E-state index contributed by atoms with van der Waals surface area (Å²) in [5.41, 5.74) is 2.78. The van der Waals surface area contributed by atoms with Gasteiger partial charge in [0.25, 0.3) is 0 Å². The lowest BCUT2D eigenvalue weighted by atomic mass is 10.0. The molecular weight excluding hydrogens is 293 g/mol. The molecule has 0 N–H and O–H groups in total. The summed E-state index contributed by atoms with van der Waals surface area (Å²) in [6.45, 7) is 2.87. The summed E-state index contributed by atoms with van der Waals surface area (Å²) in [5.74, 6) is 0.672. The van der Waals surface area contributed by atoms with Gasteiger partial charge in [0, 0.05) is 13.0 Å². The Kier molecular flexibility index (Phi) is 4.97. The first-order valence-electron chi connectivity index (χ1n) is 6.41. The predicted octanol–water partition coefficient (Wildman–Crippen LogP) is 3.86. The van der Waals surface area contributed by atoms with Crippen molar-refractivity contribution in [1.29, 1.82) is 0 Å². The van der Waals surface area contributed by atoms with E-state index in [1.807, 2.05) is 45.3 Å². The molecule has 0 aliphatic rings. The molecular formula is C15H17Cl2N3. The fourth-order valence-electron chi connectivity index (χ4n) is 1.96. The van der Waals surface area contributed by atoms with E-state index in [1.54, 1.807) is 0 Å². The molecule has 0 radical (unpaired) electrons. The Morgan fingerprint density at radius 1 is 1.05 bits per heavy atom. The van der Waals surface area contributed by atoms with Gasteiger partial charge in [0.05, 0.1) is 5.56 Å². The SMILES string of the molecule is Cc1ccccc1-c1c(Cl)nc(CCN(C)C)nc1Cl. The van der Waals surface area contributed by atoms with Gasteiger partial charge in [-0.3, -0.25) is 0 Å². The van der Waals surface area contributed by atoms with Crippen LogP contribution in [0.2, 0.25) is 10.3 Å². The molecule has 2 rings (SSSR count). The molecule has 0 atom stereocenters. The normalized spacial score (nSPS) is 11.1. The summed E-state index contributed by atoms with van der Waals surface area (Å²) in [7, 11) is 4.01. The van der Waals surface area contributed by atoms with E-state index in [0.29, 0.717) is 21.7 Å². The Bertz CT molecular complexity index is 589. The Labute approximate surface area is 129 Å². The molecule has 0 saturated heterocycles. The molecule has 1 heterocycles. The molecule has 106 valence electrons. The van der Waals surface area contributed by atoms with Gasteiger partial charge in [-0.15, -0.1) is 0 Å². The van der Waals surface area contributed by atoms with E-state index in [2.05, 4.69) is 14.9 Å². The Balaban J connectivity index is 2.39. The fraction of sp³-hybridized carbons (Fsp3) is 0.333. The predicted molar refractivity (Wildman–Crippen MR) is 84.5 cm³/mol. The van der Waals surface area contributed by atoms with Crippen LogP contribution >= 0.6 is 23.2 Å². The number of hydrogen-bond donors (Lipinski definition) is 0. The highest BCUT2D eigenvalue weighted by Gasteiger charge is 2.15. The van der Waals surface area contributed by atoms with Crippen molar-refractivity contribution in [3.63, 3.8) is 0 Å². The van der Waals surface area contributed by atoms with Gasteiger partial charge in [-0.25, -0.2) is 9.97 Å². The van der Waals surface area contributed by atoms with Crippen LogP contribution in [0, 0.1) is 6.92 Å². The van der Waals surface area contributed by atoms with Gasteiger partial charge >= 0.3 is 0 Å². The molecule has 1 aromatic carbocycles. The van der Waals surface area contributed by atoms with Gasteiger partial charge in [-0.2, -0.15) is 0 Å². The number of benzene rings is 1. The second-order valence-corrected chi connectivity index (χ2v) is 5.68. The number of aromatic nitrogens is 2. The van der Waals surface area contributed by atoms with Crippen LogP contribution in [-0.2, 0) is 6.42 Å². The molecule has 1 aromatic heterocycles. The van der Waals surface area contributed by atoms with E-state index in [9.17, 15) is 0 Å². The lowest BCUT2D eigenvalue weighted by Gasteiger charge is -2.12. The second-order valence-electron chi connectivity index (χ2n) is 4.96. The van der Waals surface area contributed by atoms with Crippen LogP contribution < -0.4 is 0 Å². The first kappa shape index (κ1) is 15.2. The van der Waals surface area contributed by atoms with Gasteiger partial charge in [-0.05, 0) is 32.1 Å². The third-order valence-electron chi connectivity index (χ3n) is 3.06. The topological polar surface area (TPSA) is 29.0 Å². The minimum absolute atomic E-state index is 0.410. The van der Waals surface area contributed by atoms with Crippen molar-refractivity contribution in [2.75, 3.05) is 20.6 Å². The summed E-state index contributed by atoms with van der Waals surface area (Å²) in [5, 5.41) is 0.820. The number of rotatable bonds is 4.